The molecule has 40 heavy (non-hydrogen) atoms. The normalized spacial score (nSPS) is 15.1. The highest BCUT2D eigenvalue weighted by atomic mass is 16.5. The summed E-state index contributed by atoms with van der Waals surface area (Å²) in [5.41, 5.74) is 4.31. The number of hydrogen-bond acceptors (Lipinski definition) is 6. The van der Waals surface area contributed by atoms with E-state index in [9.17, 15) is 14.4 Å². The second-order valence-electron chi connectivity index (χ2n) is 9.93. The summed E-state index contributed by atoms with van der Waals surface area (Å²) in [7, 11) is 1.24. The number of aromatic nitrogens is 4. The maximum Gasteiger partial charge on any atom is 0.407 e. The molecule has 3 heterocycles. The van der Waals surface area contributed by atoms with Gasteiger partial charge in [-0.2, -0.15) is 0 Å². The van der Waals surface area contributed by atoms with Crippen LogP contribution in [-0.2, 0) is 9.53 Å². The molecule has 1 fully saturated rings. The maximum atomic E-state index is 13.0. The summed E-state index contributed by atoms with van der Waals surface area (Å²) in [6, 6.07) is 17.8. The van der Waals surface area contributed by atoms with Gasteiger partial charge in [0.1, 0.15) is 18.2 Å². The minimum atomic E-state index is -0.670. The number of likely N-dealkylation sites (tertiary alicyclic amines) is 1. The molecule has 0 saturated carbocycles. The van der Waals surface area contributed by atoms with Crippen molar-refractivity contribution in [2.24, 2.45) is 0 Å². The number of carbonyl (C=O) groups excluding carboxylic acids is 2. The van der Waals surface area contributed by atoms with Crippen LogP contribution in [0.2, 0.25) is 0 Å². The highest BCUT2D eigenvalue weighted by molar-refractivity contribution is 5.92. The first-order chi connectivity index (χ1) is 19.4. The number of nitrogens with zero attached hydrogens (tertiary/aromatic N) is 3. The van der Waals surface area contributed by atoms with E-state index in [1.54, 1.807) is 11.0 Å². The van der Waals surface area contributed by atoms with Crippen molar-refractivity contribution < 1.29 is 14.3 Å². The Balaban J connectivity index is 1.30. The summed E-state index contributed by atoms with van der Waals surface area (Å²) in [5.74, 6) is 1.06. The summed E-state index contributed by atoms with van der Waals surface area (Å²) in [6.07, 6.45) is 2.61. The van der Waals surface area contributed by atoms with E-state index < -0.39 is 6.09 Å². The first-order valence-electron chi connectivity index (χ1n) is 13.1. The van der Waals surface area contributed by atoms with E-state index in [4.69, 9.17) is 4.98 Å². The molecule has 3 N–H and O–H groups in total. The fourth-order valence-electron chi connectivity index (χ4n) is 5.33. The molecule has 1 aliphatic rings. The average molecular weight is 537 g/mol. The summed E-state index contributed by atoms with van der Waals surface area (Å²) >= 11 is 0. The number of fused-ring (bicyclic) bond motifs is 2. The van der Waals surface area contributed by atoms with Crippen molar-refractivity contribution in [3.63, 3.8) is 0 Å². The lowest BCUT2D eigenvalue weighted by Gasteiger charge is -2.24. The molecule has 202 valence electrons. The number of nitrogens with one attached hydrogen (secondary N) is 3. The lowest BCUT2D eigenvalue weighted by Crippen LogP contribution is -2.40. The van der Waals surface area contributed by atoms with Crippen molar-refractivity contribution in [1.29, 1.82) is 0 Å². The molecule has 0 bridgehead atoms. The van der Waals surface area contributed by atoms with E-state index in [2.05, 4.69) is 61.4 Å². The van der Waals surface area contributed by atoms with Gasteiger partial charge in [-0.15, -0.1) is 0 Å². The number of hydrogen-bond donors (Lipinski definition) is 3. The largest absolute Gasteiger partial charge is 0.453 e. The van der Waals surface area contributed by atoms with Crippen LogP contribution in [0.3, 0.4) is 0 Å². The van der Waals surface area contributed by atoms with Gasteiger partial charge in [-0.1, -0.05) is 30.3 Å². The fraction of sp³-hybridized carbons (Fsp3) is 0.233. The average Bonchev–Trinajstić information content (AvgIpc) is 3.64. The Kier molecular flexibility index (Phi) is 6.51. The van der Waals surface area contributed by atoms with Gasteiger partial charge in [0.15, 0.2) is 0 Å². The van der Waals surface area contributed by atoms with Crippen LogP contribution in [0.1, 0.15) is 30.5 Å². The van der Waals surface area contributed by atoms with Crippen molar-refractivity contribution in [1.82, 2.24) is 30.2 Å². The molecule has 1 aliphatic heterocycles. The predicted octanol–water partition coefficient (Wildman–Crippen LogP) is 4.46. The second kappa shape index (κ2) is 10.3. The molecule has 3 aromatic carbocycles. The van der Waals surface area contributed by atoms with Crippen LogP contribution < -0.4 is 10.9 Å². The topological polar surface area (TPSA) is 133 Å². The van der Waals surface area contributed by atoms with Gasteiger partial charge in [0.25, 0.3) is 5.56 Å². The van der Waals surface area contributed by atoms with Gasteiger partial charge in [0.2, 0.25) is 5.91 Å². The van der Waals surface area contributed by atoms with E-state index in [1.807, 2.05) is 25.3 Å². The van der Waals surface area contributed by atoms with Crippen LogP contribution in [0.5, 0.6) is 0 Å². The minimum Gasteiger partial charge on any atom is -0.453 e. The highest BCUT2D eigenvalue weighted by Crippen LogP contribution is 2.32. The zero-order valence-electron chi connectivity index (χ0n) is 22.2. The van der Waals surface area contributed by atoms with Crippen LogP contribution >= 0.6 is 0 Å². The summed E-state index contributed by atoms with van der Waals surface area (Å²) < 4.78 is 4.55. The van der Waals surface area contributed by atoms with E-state index in [0.717, 1.165) is 45.4 Å². The molecular formula is C30H28N6O4. The van der Waals surface area contributed by atoms with Crippen molar-refractivity contribution in [3.8, 4) is 22.4 Å². The summed E-state index contributed by atoms with van der Waals surface area (Å²) in [5, 5.41) is 5.11. The Labute approximate surface area is 229 Å². The monoisotopic (exact) mass is 536 g/mol. The van der Waals surface area contributed by atoms with Crippen LogP contribution in [0, 0.1) is 6.92 Å². The Morgan fingerprint density at radius 1 is 1.02 bits per heavy atom. The molecule has 6 rings (SSSR count). The van der Waals surface area contributed by atoms with Gasteiger partial charge in [0, 0.05) is 12.1 Å². The van der Waals surface area contributed by atoms with Gasteiger partial charge in [0.05, 0.1) is 35.9 Å². The lowest BCUT2D eigenvalue weighted by atomic mass is 9.98. The Morgan fingerprint density at radius 3 is 2.50 bits per heavy atom. The molecule has 2 aromatic heterocycles. The molecular weight excluding hydrogens is 508 g/mol. The number of alkyl carbamates (subject to hydrolysis) is 1. The quantitative estimate of drug-likeness (QED) is 0.304. The van der Waals surface area contributed by atoms with E-state index in [1.165, 1.54) is 7.11 Å². The molecule has 0 radical (unpaired) electrons. The Hall–Kier alpha value is -4.99. The van der Waals surface area contributed by atoms with Gasteiger partial charge >= 0.3 is 6.09 Å². The van der Waals surface area contributed by atoms with Crippen molar-refractivity contribution in [2.75, 3.05) is 20.2 Å². The van der Waals surface area contributed by atoms with Gasteiger partial charge in [-0.05, 0) is 65.9 Å². The van der Waals surface area contributed by atoms with Gasteiger partial charge < -0.3 is 24.9 Å². The van der Waals surface area contributed by atoms with Crippen molar-refractivity contribution in [3.05, 3.63) is 82.8 Å². The molecule has 0 unspecified atom stereocenters. The fourth-order valence-corrected chi connectivity index (χ4v) is 5.33. The highest BCUT2D eigenvalue weighted by Gasteiger charge is 2.32. The number of amides is 2. The van der Waals surface area contributed by atoms with Crippen LogP contribution in [0.4, 0.5) is 4.79 Å². The number of carbonyl (C=O) groups is 2. The van der Waals surface area contributed by atoms with E-state index >= 15 is 0 Å². The Morgan fingerprint density at radius 2 is 1.75 bits per heavy atom. The van der Waals surface area contributed by atoms with E-state index in [0.29, 0.717) is 29.7 Å². The maximum absolute atomic E-state index is 13.0. The Bertz CT molecular complexity index is 1820. The number of ether oxygens (including phenoxy) is 1. The third-order valence-electron chi connectivity index (χ3n) is 7.37. The molecule has 5 aromatic rings. The third-order valence-corrected chi connectivity index (χ3v) is 7.37. The van der Waals surface area contributed by atoms with Gasteiger partial charge in [-0.3, -0.25) is 9.59 Å². The SMILES string of the molecule is COC(=O)NCC(=O)N1CCC[C@H]1c1nc2cc(-c3ccc4cc(-c5cnc(C)[nH]5)ccc4c3)ccc2c(=O)[nH]1. The minimum absolute atomic E-state index is 0.184. The number of rotatable bonds is 5. The van der Waals surface area contributed by atoms with Crippen molar-refractivity contribution in [2.45, 2.75) is 25.8 Å². The number of aromatic amines is 2. The zero-order chi connectivity index (χ0) is 27.8. The van der Waals surface area contributed by atoms with Gasteiger partial charge in [-0.25, -0.2) is 14.8 Å². The molecule has 2 amide bonds. The molecule has 0 aliphatic carbocycles. The number of benzene rings is 3. The van der Waals surface area contributed by atoms with E-state index in [-0.39, 0.29) is 24.1 Å². The summed E-state index contributed by atoms with van der Waals surface area (Å²) in [6.45, 7) is 2.27. The first kappa shape index (κ1) is 25.3. The second-order valence-corrected chi connectivity index (χ2v) is 9.93. The number of aryl methyl sites for hydroxylation is 1. The predicted molar refractivity (Wildman–Crippen MR) is 152 cm³/mol. The summed E-state index contributed by atoms with van der Waals surface area (Å²) in [4.78, 5) is 54.0. The molecule has 1 saturated heterocycles. The molecule has 10 heteroatoms. The zero-order valence-corrected chi connectivity index (χ0v) is 22.2. The smallest absolute Gasteiger partial charge is 0.407 e. The molecule has 1 atom stereocenters. The number of imidazole rings is 1. The molecule has 10 nitrogen and oxygen atoms in total. The first-order valence-corrected chi connectivity index (χ1v) is 13.1. The van der Waals surface area contributed by atoms with Crippen LogP contribution in [-0.4, -0.2) is 57.0 Å². The van der Waals surface area contributed by atoms with Crippen LogP contribution in [0.15, 0.2) is 65.6 Å². The third kappa shape index (κ3) is 4.79. The number of methoxy groups -OCH3 is 1. The molecule has 0 spiro atoms. The lowest BCUT2D eigenvalue weighted by molar-refractivity contribution is -0.131. The number of H-pyrrole nitrogens is 2. The van der Waals surface area contributed by atoms with Crippen LogP contribution in [0.25, 0.3) is 44.1 Å². The standard InChI is InChI=1S/C30H28N6O4/c1-17-31-15-25(33-17)22-8-7-18-12-19(5-6-20(18)13-22)21-9-10-23-24(14-21)34-28(35-29(23)38)26-4-3-11-36(26)27(37)16-32-30(39)40-2/h5-10,12-15,26H,3-4,11,16H2,1-2H3,(H,31,33)(H,32,39)(H,34,35,38)/t26-/m0/s1. The van der Waals surface area contributed by atoms with Crippen molar-refractivity contribution >= 4 is 33.7 Å².